The van der Waals surface area contributed by atoms with Gasteiger partial charge in [0.05, 0.1) is 17.0 Å². The third-order valence-corrected chi connectivity index (χ3v) is 5.42. The first-order valence-electron chi connectivity index (χ1n) is 7.91. The van der Waals surface area contributed by atoms with Gasteiger partial charge in [-0.05, 0) is 23.8 Å². The first-order valence-corrected chi connectivity index (χ1v) is 8.96. The second-order valence-corrected chi connectivity index (χ2v) is 6.90. The summed E-state index contributed by atoms with van der Waals surface area (Å²) in [6.45, 7) is 0.477. The quantitative estimate of drug-likeness (QED) is 0.568. The molecular formula is C17H15N3O6S. The van der Waals surface area contributed by atoms with Gasteiger partial charge in [0.1, 0.15) is 5.37 Å². The number of methoxy groups -OCH3 is 1. The number of rotatable bonds is 5. The van der Waals surface area contributed by atoms with Gasteiger partial charge in [-0.1, -0.05) is 6.07 Å². The lowest BCUT2D eigenvalue weighted by Crippen LogP contribution is -2.30. The molecule has 1 heterocycles. The van der Waals surface area contributed by atoms with Crippen LogP contribution in [-0.2, 0) is 0 Å². The van der Waals surface area contributed by atoms with E-state index in [0.717, 1.165) is 0 Å². The van der Waals surface area contributed by atoms with Crippen LogP contribution in [0.5, 0.6) is 5.75 Å². The molecular weight excluding hydrogens is 374 g/mol. The number of nitro groups is 2. The second-order valence-electron chi connectivity index (χ2n) is 5.71. The first kappa shape index (κ1) is 18.6. The Balaban J connectivity index is 1.89. The molecule has 1 aliphatic heterocycles. The van der Waals surface area contributed by atoms with E-state index in [2.05, 4.69) is 0 Å². The smallest absolute Gasteiger partial charge is 0.311 e. The Labute approximate surface area is 158 Å². The summed E-state index contributed by atoms with van der Waals surface area (Å²) in [6, 6.07) is 10.0. The maximum Gasteiger partial charge on any atom is 0.311 e. The molecule has 0 saturated carbocycles. The molecule has 2 aromatic rings. The molecule has 27 heavy (non-hydrogen) atoms. The van der Waals surface area contributed by atoms with E-state index in [1.807, 2.05) is 0 Å². The topological polar surface area (TPSA) is 116 Å². The minimum atomic E-state index is -0.529. The van der Waals surface area contributed by atoms with E-state index in [0.29, 0.717) is 23.4 Å². The molecule has 0 radical (unpaired) electrons. The number of benzene rings is 2. The molecule has 10 heteroatoms. The summed E-state index contributed by atoms with van der Waals surface area (Å²) in [4.78, 5) is 35.4. The third-order valence-electron chi connectivity index (χ3n) is 4.16. The van der Waals surface area contributed by atoms with Crippen LogP contribution >= 0.6 is 11.8 Å². The van der Waals surface area contributed by atoms with Crippen LogP contribution in [0.25, 0.3) is 0 Å². The summed E-state index contributed by atoms with van der Waals surface area (Å²) in [5, 5.41) is 21.6. The van der Waals surface area contributed by atoms with Gasteiger partial charge in [0.2, 0.25) is 0 Å². The van der Waals surface area contributed by atoms with Crippen molar-refractivity contribution in [3.05, 3.63) is 73.8 Å². The lowest BCUT2D eigenvalue weighted by molar-refractivity contribution is -0.385. The van der Waals surface area contributed by atoms with E-state index >= 15 is 0 Å². The fraction of sp³-hybridized carbons (Fsp3) is 0.235. The average molecular weight is 389 g/mol. The highest BCUT2D eigenvalue weighted by Crippen LogP contribution is 2.41. The average Bonchev–Trinajstić information content (AvgIpc) is 3.16. The summed E-state index contributed by atoms with van der Waals surface area (Å²) in [7, 11) is 1.36. The van der Waals surface area contributed by atoms with E-state index < -0.39 is 9.85 Å². The number of nitrogens with zero attached hydrogens (tertiary/aromatic N) is 3. The normalized spacial score (nSPS) is 16.2. The summed E-state index contributed by atoms with van der Waals surface area (Å²) >= 11 is 1.50. The maximum absolute atomic E-state index is 12.8. The minimum absolute atomic E-state index is 0.0929. The van der Waals surface area contributed by atoms with Crippen LogP contribution in [0.15, 0.2) is 42.5 Å². The second kappa shape index (κ2) is 7.62. The first-order chi connectivity index (χ1) is 12.9. The number of hydrogen-bond acceptors (Lipinski definition) is 7. The van der Waals surface area contributed by atoms with E-state index in [1.165, 1.54) is 55.3 Å². The van der Waals surface area contributed by atoms with E-state index in [4.69, 9.17) is 4.74 Å². The fourth-order valence-corrected chi connectivity index (χ4v) is 4.09. The number of carbonyl (C=O) groups is 1. The monoisotopic (exact) mass is 389 g/mol. The predicted molar refractivity (Wildman–Crippen MR) is 99.0 cm³/mol. The molecule has 0 aliphatic carbocycles. The molecule has 1 fully saturated rings. The van der Waals surface area contributed by atoms with Crippen LogP contribution in [0, 0.1) is 20.2 Å². The molecule has 1 aliphatic rings. The lowest BCUT2D eigenvalue weighted by atomic mass is 10.1. The van der Waals surface area contributed by atoms with Crippen molar-refractivity contribution in [1.82, 2.24) is 4.90 Å². The summed E-state index contributed by atoms with van der Waals surface area (Å²) < 4.78 is 5.01. The Hall–Kier alpha value is -3.14. The zero-order valence-corrected chi connectivity index (χ0v) is 15.0. The highest BCUT2D eigenvalue weighted by Gasteiger charge is 2.33. The Morgan fingerprint density at radius 3 is 2.44 bits per heavy atom. The molecule has 2 aromatic carbocycles. The predicted octanol–water partition coefficient (Wildman–Crippen LogP) is 3.40. The molecule has 1 amide bonds. The molecule has 0 unspecified atom stereocenters. The van der Waals surface area contributed by atoms with Crippen LogP contribution in [0.3, 0.4) is 0 Å². The van der Waals surface area contributed by atoms with Crippen LogP contribution in [0.4, 0.5) is 11.4 Å². The van der Waals surface area contributed by atoms with Gasteiger partial charge in [0.25, 0.3) is 11.6 Å². The van der Waals surface area contributed by atoms with Crippen LogP contribution in [0.2, 0.25) is 0 Å². The number of hydrogen-bond donors (Lipinski definition) is 0. The number of ether oxygens (including phenoxy) is 1. The van der Waals surface area contributed by atoms with Gasteiger partial charge in [-0.25, -0.2) is 0 Å². The molecule has 0 bridgehead atoms. The summed E-state index contributed by atoms with van der Waals surface area (Å²) in [5.41, 5.74) is 0.700. The van der Waals surface area contributed by atoms with Crippen molar-refractivity contribution < 1.29 is 19.4 Å². The molecule has 1 saturated heterocycles. The van der Waals surface area contributed by atoms with E-state index in [9.17, 15) is 25.0 Å². The maximum atomic E-state index is 12.8. The van der Waals surface area contributed by atoms with Crippen molar-refractivity contribution in [2.24, 2.45) is 0 Å². The summed E-state index contributed by atoms with van der Waals surface area (Å²) in [5.74, 6) is 0.557. The molecule has 3 rings (SSSR count). The van der Waals surface area contributed by atoms with Crippen LogP contribution < -0.4 is 4.74 Å². The van der Waals surface area contributed by atoms with E-state index in [1.54, 1.807) is 11.0 Å². The molecule has 0 spiro atoms. The van der Waals surface area contributed by atoms with Crippen molar-refractivity contribution in [3.8, 4) is 5.75 Å². The largest absolute Gasteiger partial charge is 0.490 e. The summed E-state index contributed by atoms with van der Waals surface area (Å²) in [6.07, 6.45) is 0. The van der Waals surface area contributed by atoms with Crippen LogP contribution in [-0.4, -0.2) is 40.1 Å². The number of amides is 1. The van der Waals surface area contributed by atoms with Gasteiger partial charge < -0.3 is 9.64 Å². The van der Waals surface area contributed by atoms with Crippen LogP contribution in [0.1, 0.15) is 21.3 Å². The van der Waals surface area contributed by atoms with Crippen molar-refractivity contribution in [3.63, 3.8) is 0 Å². The highest BCUT2D eigenvalue weighted by molar-refractivity contribution is 7.99. The van der Waals surface area contributed by atoms with E-state index in [-0.39, 0.29) is 28.4 Å². The molecule has 0 aromatic heterocycles. The van der Waals surface area contributed by atoms with Gasteiger partial charge in [-0.2, -0.15) is 0 Å². The van der Waals surface area contributed by atoms with Gasteiger partial charge >= 0.3 is 5.69 Å². The minimum Gasteiger partial charge on any atom is -0.490 e. The van der Waals surface area contributed by atoms with Gasteiger partial charge in [0, 0.05) is 36.1 Å². The highest BCUT2D eigenvalue weighted by atomic mass is 32.2. The van der Waals surface area contributed by atoms with Crippen molar-refractivity contribution in [1.29, 1.82) is 0 Å². The Morgan fingerprint density at radius 2 is 1.85 bits per heavy atom. The zero-order valence-electron chi connectivity index (χ0n) is 14.2. The van der Waals surface area contributed by atoms with Gasteiger partial charge in [-0.3, -0.25) is 25.0 Å². The van der Waals surface area contributed by atoms with Crippen molar-refractivity contribution in [2.75, 3.05) is 19.4 Å². The fourth-order valence-electron chi connectivity index (χ4n) is 2.85. The standard InChI is InChI=1S/C17H15N3O6S/c1-26-15-7-4-12(10-14(15)20(24)25)17-18(8-9-27-17)16(21)11-2-5-13(6-3-11)19(22)23/h2-7,10,17H,8-9H2,1H3/t17-/m0/s1. The Morgan fingerprint density at radius 1 is 1.15 bits per heavy atom. The van der Waals surface area contributed by atoms with Crippen molar-refractivity contribution >= 4 is 29.0 Å². The number of carbonyl (C=O) groups excluding carboxylic acids is 1. The number of nitro benzene ring substituents is 2. The molecule has 1 atom stereocenters. The van der Waals surface area contributed by atoms with Crippen molar-refractivity contribution in [2.45, 2.75) is 5.37 Å². The third kappa shape index (κ3) is 3.70. The van der Waals surface area contributed by atoms with Gasteiger partial charge in [0.15, 0.2) is 5.75 Å². The Kier molecular flexibility index (Phi) is 5.26. The SMILES string of the molecule is COc1ccc([C@@H]2SCCN2C(=O)c2ccc([N+](=O)[O-])cc2)cc1[N+](=O)[O-]. The molecule has 140 valence electrons. The molecule has 9 nitrogen and oxygen atoms in total. The molecule has 0 N–H and O–H groups in total. The zero-order chi connectivity index (χ0) is 19.6. The Bertz CT molecular complexity index is 902. The van der Waals surface area contributed by atoms with Gasteiger partial charge in [-0.15, -0.1) is 11.8 Å². The number of thioether (sulfide) groups is 1. The number of non-ortho nitro benzene ring substituents is 1. The lowest BCUT2D eigenvalue weighted by Gasteiger charge is -2.24.